The van der Waals surface area contributed by atoms with Gasteiger partial charge in [-0.1, -0.05) is 19.8 Å². The predicted molar refractivity (Wildman–Crippen MR) is 85.9 cm³/mol. The highest BCUT2D eigenvalue weighted by Gasteiger charge is 2.31. The van der Waals surface area contributed by atoms with E-state index in [4.69, 9.17) is 4.74 Å². The zero-order chi connectivity index (χ0) is 15.5. The van der Waals surface area contributed by atoms with Gasteiger partial charge in [-0.15, -0.1) is 0 Å². The molecule has 0 bridgehead atoms. The summed E-state index contributed by atoms with van der Waals surface area (Å²) in [4.78, 5) is 12.6. The van der Waals surface area contributed by atoms with Crippen LogP contribution in [0.4, 0.5) is 5.69 Å². The molecule has 0 aromatic carbocycles. The SMILES string of the molecule is CC[C@H]1OCCC[C@H]1C(=O)Nc1cnn(C2CCCC2)c1C. The van der Waals surface area contributed by atoms with E-state index in [-0.39, 0.29) is 17.9 Å². The Morgan fingerprint density at radius 2 is 2.14 bits per heavy atom. The Bertz CT molecular complexity index is 520. The third-order valence-corrected chi connectivity index (χ3v) is 5.15. The maximum Gasteiger partial charge on any atom is 0.230 e. The van der Waals surface area contributed by atoms with Crippen LogP contribution < -0.4 is 5.32 Å². The van der Waals surface area contributed by atoms with Crippen molar-refractivity contribution in [3.05, 3.63) is 11.9 Å². The molecule has 0 unspecified atom stereocenters. The number of carbonyl (C=O) groups excluding carboxylic acids is 1. The predicted octanol–water partition coefficient (Wildman–Crippen LogP) is 3.45. The molecular weight excluding hydrogens is 278 g/mol. The van der Waals surface area contributed by atoms with Gasteiger partial charge in [0.1, 0.15) is 0 Å². The normalized spacial score (nSPS) is 26.3. The fourth-order valence-electron chi connectivity index (χ4n) is 3.83. The standard InChI is InChI=1S/C17H27N3O2/c1-3-16-14(9-6-10-22-16)17(21)19-15-11-18-20(12(15)2)13-7-4-5-8-13/h11,13-14,16H,3-10H2,1-2H3,(H,19,21)/t14-,16-/m1/s1. The van der Waals surface area contributed by atoms with Crippen molar-refractivity contribution in [2.75, 3.05) is 11.9 Å². The number of aromatic nitrogens is 2. The van der Waals surface area contributed by atoms with Crippen molar-refractivity contribution in [2.45, 2.75) is 70.9 Å². The Labute approximate surface area is 132 Å². The summed E-state index contributed by atoms with van der Waals surface area (Å²) in [7, 11) is 0. The van der Waals surface area contributed by atoms with E-state index in [9.17, 15) is 4.79 Å². The van der Waals surface area contributed by atoms with E-state index >= 15 is 0 Å². The lowest BCUT2D eigenvalue weighted by Crippen LogP contribution is -2.37. The molecule has 22 heavy (non-hydrogen) atoms. The molecule has 0 spiro atoms. The number of nitrogens with zero attached hydrogens (tertiary/aromatic N) is 2. The molecule has 3 rings (SSSR count). The molecule has 2 heterocycles. The van der Waals surface area contributed by atoms with Crippen LogP contribution in [0, 0.1) is 12.8 Å². The molecule has 122 valence electrons. The van der Waals surface area contributed by atoms with E-state index < -0.39 is 0 Å². The molecule has 2 aliphatic rings. The van der Waals surface area contributed by atoms with Crippen LogP contribution in [0.5, 0.6) is 0 Å². The minimum Gasteiger partial charge on any atom is -0.377 e. The number of hydrogen-bond donors (Lipinski definition) is 1. The molecule has 5 nitrogen and oxygen atoms in total. The molecule has 2 atom stereocenters. The Kier molecular flexibility index (Phi) is 4.81. The highest BCUT2D eigenvalue weighted by atomic mass is 16.5. The summed E-state index contributed by atoms with van der Waals surface area (Å²) in [5, 5.41) is 7.59. The van der Waals surface area contributed by atoms with Crippen LogP contribution in [-0.2, 0) is 9.53 Å². The number of carbonyl (C=O) groups is 1. The highest BCUT2D eigenvalue weighted by Crippen LogP contribution is 2.32. The number of nitrogens with one attached hydrogen (secondary N) is 1. The summed E-state index contributed by atoms with van der Waals surface area (Å²) in [6.45, 7) is 4.91. The van der Waals surface area contributed by atoms with Gasteiger partial charge in [-0.3, -0.25) is 9.48 Å². The number of amides is 1. The third kappa shape index (κ3) is 3.05. The average molecular weight is 305 g/mol. The van der Waals surface area contributed by atoms with Gasteiger partial charge in [0, 0.05) is 6.61 Å². The van der Waals surface area contributed by atoms with Gasteiger partial charge in [0.25, 0.3) is 0 Å². The maximum absolute atomic E-state index is 12.6. The molecule has 1 aromatic rings. The van der Waals surface area contributed by atoms with E-state index in [1.54, 1.807) is 6.20 Å². The minimum atomic E-state index is -0.0343. The maximum atomic E-state index is 12.6. The first-order valence-corrected chi connectivity index (χ1v) is 8.67. The quantitative estimate of drug-likeness (QED) is 0.927. The Morgan fingerprint density at radius 3 is 2.86 bits per heavy atom. The molecule has 1 aromatic heterocycles. The van der Waals surface area contributed by atoms with Gasteiger partial charge in [-0.25, -0.2) is 0 Å². The summed E-state index contributed by atoms with van der Waals surface area (Å²) in [5.41, 5.74) is 1.93. The highest BCUT2D eigenvalue weighted by molar-refractivity contribution is 5.93. The fourth-order valence-corrected chi connectivity index (χ4v) is 3.83. The van der Waals surface area contributed by atoms with Crippen LogP contribution in [-0.4, -0.2) is 28.4 Å². The molecule has 1 saturated carbocycles. The number of ether oxygens (including phenoxy) is 1. The fraction of sp³-hybridized carbons (Fsp3) is 0.765. The molecule has 2 fully saturated rings. The van der Waals surface area contributed by atoms with E-state index in [1.165, 1.54) is 25.7 Å². The van der Waals surface area contributed by atoms with Crippen LogP contribution in [0.25, 0.3) is 0 Å². The van der Waals surface area contributed by atoms with Gasteiger partial charge in [0.2, 0.25) is 5.91 Å². The van der Waals surface area contributed by atoms with Gasteiger partial charge in [0.15, 0.2) is 0 Å². The number of rotatable bonds is 4. The third-order valence-electron chi connectivity index (χ3n) is 5.15. The molecule has 1 saturated heterocycles. The summed E-state index contributed by atoms with van der Waals surface area (Å²) >= 11 is 0. The van der Waals surface area contributed by atoms with E-state index in [1.807, 2.05) is 0 Å². The van der Waals surface area contributed by atoms with Crippen molar-refractivity contribution in [1.82, 2.24) is 9.78 Å². The monoisotopic (exact) mass is 305 g/mol. The Hall–Kier alpha value is -1.36. The summed E-state index contributed by atoms with van der Waals surface area (Å²) in [5.74, 6) is 0.0496. The molecule has 0 radical (unpaired) electrons. The number of anilines is 1. The van der Waals surface area contributed by atoms with E-state index in [0.29, 0.717) is 6.04 Å². The van der Waals surface area contributed by atoms with Crippen molar-refractivity contribution < 1.29 is 9.53 Å². The molecular formula is C17H27N3O2. The second-order valence-electron chi connectivity index (χ2n) is 6.58. The van der Waals surface area contributed by atoms with Crippen LogP contribution in [0.1, 0.15) is 63.6 Å². The van der Waals surface area contributed by atoms with Crippen molar-refractivity contribution in [3.8, 4) is 0 Å². The van der Waals surface area contributed by atoms with Gasteiger partial charge in [0.05, 0.1) is 35.6 Å². The lowest BCUT2D eigenvalue weighted by atomic mass is 9.92. The van der Waals surface area contributed by atoms with Gasteiger partial charge < -0.3 is 10.1 Å². The zero-order valence-electron chi connectivity index (χ0n) is 13.7. The summed E-state index contributed by atoms with van der Waals surface area (Å²) in [6, 6.07) is 0.507. The largest absolute Gasteiger partial charge is 0.377 e. The zero-order valence-corrected chi connectivity index (χ0v) is 13.7. The second-order valence-corrected chi connectivity index (χ2v) is 6.58. The molecule has 1 amide bonds. The molecule has 5 heteroatoms. The van der Waals surface area contributed by atoms with Crippen LogP contribution in [0.15, 0.2) is 6.20 Å². The van der Waals surface area contributed by atoms with Gasteiger partial charge in [-0.2, -0.15) is 5.10 Å². The van der Waals surface area contributed by atoms with Crippen LogP contribution >= 0.6 is 0 Å². The van der Waals surface area contributed by atoms with Gasteiger partial charge in [-0.05, 0) is 39.0 Å². The van der Waals surface area contributed by atoms with Crippen LogP contribution in [0.3, 0.4) is 0 Å². The topological polar surface area (TPSA) is 56.1 Å². The smallest absolute Gasteiger partial charge is 0.230 e. The van der Waals surface area contributed by atoms with Crippen molar-refractivity contribution in [2.24, 2.45) is 5.92 Å². The first-order valence-electron chi connectivity index (χ1n) is 8.67. The average Bonchev–Trinajstić information content (AvgIpc) is 3.18. The lowest BCUT2D eigenvalue weighted by Gasteiger charge is -2.30. The Morgan fingerprint density at radius 1 is 1.36 bits per heavy atom. The first kappa shape index (κ1) is 15.5. The van der Waals surface area contributed by atoms with Gasteiger partial charge >= 0.3 is 0 Å². The summed E-state index contributed by atoms with van der Waals surface area (Å²) in [6.07, 6.45) is 9.59. The van der Waals surface area contributed by atoms with Crippen molar-refractivity contribution in [1.29, 1.82) is 0 Å². The minimum absolute atomic E-state index is 0.0343. The molecule has 1 N–H and O–H groups in total. The van der Waals surface area contributed by atoms with Crippen molar-refractivity contribution >= 4 is 11.6 Å². The molecule has 1 aliphatic heterocycles. The van der Waals surface area contributed by atoms with Crippen LogP contribution in [0.2, 0.25) is 0 Å². The number of hydrogen-bond acceptors (Lipinski definition) is 3. The van der Waals surface area contributed by atoms with E-state index in [2.05, 4.69) is 28.9 Å². The Balaban J connectivity index is 1.68. The van der Waals surface area contributed by atoms with E-state index in [0.717, 1.165) is 37.3 Å². The van der Waals surface area contributed by atoms with Crippen molar-refractivity contribution in [3.63, 3.8) is 0 Å². The summed E-state index contributed by atoms with van der Waals surface area (Å²) < 4.78 is 7.83. The second kappa shape index (κ2) is 6.82. The lowest BCUT2D eigenvalue weighted by molar-refractivity contribution is -0.129. The molecule has 1 aliphatic carbocycles. The first-order chi connectivity index (χ1) is 10.7.